The van der Waals surface area contributed by atoms with Gasteiger partial charge in [-0.2, -0.15) is 0 Å². The van der Waals surface area contributed by atoms with E-state index in [9.17, 15) is 4.39 Å². The molecule has 1 N–H and O–H groups in total. The lowest BCUT2D eigenvalue weighted by Gasteiger charge is -1.99. The van der Waals surface area contributed by atoms with Gasteiger partial charge in [-0.3, -0.25) is 0 Å². The highest BCUT2D eigenvalue weighted by molar-refractivity contribution is 14.1. The van der Waals surface area contributed by atoms with Gasteiger partial charge in [-0.1, -0.05) is 17.7 Å². The minimum atomic E-state index is -0.404. The maximum absolute atomic E-state index is 12.8. The summed E-state index contributed by atoms with van der Waals surface area (Å²) in [6.07, 6.45) is 0. The molecule has 0 saturated heterocycles. The number of rotatable bonds is 1. The van der Waals surface area contributed by atoms with Gasteiger partial charge in [0.05, 0.1) is 33.6 Å². The van der Waals surface area contributed by atoms with Gasteiger partial charge < -0.3 is 3.53 Å². The van der Waals surface area contributed by atoms with Crippen molar-refractivity contribution in [3.8, 4) is 0 Å². The van der Waals surface area contributed by atoms with Gasteiger partial charge in [0, 0.05) is 0 Å². The van der Waals surface area contributed by atoms with Crippen LogP contribution in [0.5, 0.6) is 0 Å². The molecule has 54 valence electrons. The minimum Gasteiger partial charge on any atom is -0.326 e. The van der Waals surface area contributed by atoms with E-state index in [1.165, 1.54) is 6.07 Å². The third-order valence-corrected chi connectivity index (χ3v) is 1.93. The number of hydrogen-bond acceptors (Lipinski definition) is 1. The van der Waals surface area contributed by atoms with Crippen molar-refractivity contribution in [2.75, 3.05) is 3.53 Å². The molecule has 0 bridgehead atoms. The van der Waals surface area contributed by atoms with Crippen LogP contribution in [0.25, 0.3) is 0 Å². The van der Waals surface area contributed by atoms with Crippen molar-refractivity contribution in [3.63, 3.8) is 0 Å². The molecule has 0 heterocycles. The van der Waals surface area contributed by atoms with E-state index >= 15 is 0 Å². The van der Waals surface area contributed by atoms with Gasteiger partial charge >= 0.3 is 0 Å². The Labute approximate surface area is 77.1 Å². The Morgan fingerprint density at radius 1 is 1.50 bits per heavy atom. The molecule has 0 saturated carbocycles. The van der Waals surface area contributed by atoms with E-state index in [4.69, 9.17) is 11.6 Å². The first-order valence-electron chi connectivity index (χ1n) is 2.56. The number of nitrogens with one attached hydrogen (secondary N) is 1. The van der Waals surface area contributed by atoms with E-state index in [2.05, 4.69) is 3.53 Å². The largest absolute Gasteiger partial charge is 0.326 e. The van der Waals surface area contributed by atoms with Gasteiger partial charge in [-0.25, -0.2) is 4.39 Å². The zero-order valence-electron chi connectivity index (χ0n) is 4.87. The molecule has 1 rings (SSSR count). The van der Waals surface area contributed by atoms with Crippen LogP contribution in [-0.4, -0.2) is 0 Å². The topological polar surface area (TPSA) is 12.0 Å². The van der Waals surface area contributed by atoms with E-state index in [-0.39, 0.29) is 5.02 Å². The Bertz CT molecular complexity index is 241. The molecule has 0 radical (unpaired) electrons. The normalized spacial score (nSPS) is 9.50. The highest BCUT2D eigenvalue weighted by atomic mass is 127. The fourth-order valence-corrected chi connectivity index (χ4v) is 1.17. The van der Waals surface area contributed by atoms with Gasteiger partial charge in [0.15, 0.2) is 5.82 Å². The van der Waals surface area contributed by atoms with Gasteiger partial charge in [-0.15, -0.1) is 0 Å². The Hall–Kier alpha value is -0.0300. The van der Waals surface area contributed by atoms with Crippen molar-refractivity contribution >= 4 is 40.2 Å². The second kappa shape index (κ2) is 3.39. The van der Waals surface area contributed by atoms with Crippen molar-refractivity contribution in [1.82, 2.24) is 0 Å². The lowest BCUT2D eigenvalue weighted by atomic mass is 10.3. The first-order chi connectivity index (χ1) is 4.75. The molecular formula is C6H4ClFIN. The van der Waals surface area contributed by atoms with Gasteiger partial charge in [0.25, 0.3) is 0 Å². The molecule has 10 heavy (non-hydrogen) atoms. The molecule has 0 aliphatic heterocycles. The monoisotopic (exact) mass is 271 g/mol. The standard InChI is InChI=1S/C6H4ClFIN/c7-4-2-1-3-5(10-9)6(4)8/h1-3,10H. The predicted octanol–water partition coefficient (Wildman–Crippen LogP) is 3.24. The lowest BCUT2D eigenvalue weighted by Crippen LogP contribution is -1.85. The smallest absolute Gasteiger partial charge is 0.165 e. The lowest BCUT2D eigenvalue weighted by molar-refractivity contribution is 0.633. The summed E-state index contributed by atoms with van der Waals surface area (Å²) in [5.74, 6) is -0.404. The van der Waals surface area contributed by atoms with E-state index in [1.54, 1.807) is 12.1 Å². The van der Waals surface area contributed by atoms with Crippen molar-refractivity contribution in [2.45, 2.75) is 0 Å². The van der Waals surface area contributed by atoms with Crippen molar-refractivity contribution in [3.05, 3.63) is 29.0 Å². The Balaban J connectivity index is 3.14. The highest BCUT2D eigenvalue weighted by Gasteiger charge is 2.02. The number of halogens is 3. The number of benzene rings is 1. The van der Waals surface area contributed by atoms with Crippen molar-refractivity contribution in [2.24, 2.45) is 0 Å². The molecule has 1 aromatic rings. The zero-order chi connectivity index (χ0) is 7.56. The molecule has 1 aromatic carbocycles. The van der Waals surface area contributed by atoms with Crippen LogP contribution in [0.1, 0.15) is 0 Å². The Morgan fingerprint density at radius 3 is 2.70 bits per heavy atom. The molecule has 4 heteroatoms. The van der Waals surface area contributed by atoms with E-state index in [0.717, 1.165) is 0 Å². The van der Waals surface area contributed by atoms with Crippen molar-refractivity contribution in [1.29, 1.82) is 0 Å². The van der Waals surface area contributed by atoms with Crippen molar-refractivity contribution < 1.29 is 4.39 Å². The van der Waals surface area contributed by atoms with Gasteiger partial charge in [-0.05, 0) is 12.1 Å². The maximum Gasteiger partial charge on any atom is 0.165 e. The Kier molecular flexibility index (Phi) is 2.73. The molecule has 1 nitrogen and oxygen atoms in total. The van der Waals surface area contributed by atoms with E-state index in [0.29, 0.717) is 5.69 Å². The molecule has 0 amide bonds. The molecule has 0 unspecified atom stereocenters. The van der Waals surface area contributed by atoms with Crippen LogP contribution in [0.15, 0.2) is 18.2 Å². The summed E-state index contributed by atoms with van der Waals surface area (Å²) in [6, 6.07) is 4.81. The van der Waals surface area contributed by atoms with Gasteiger partial charge in [0.2, 0.25) is 0 Å². The summed E-state index contributed by atoms with van der Waals surface area (Å²) >= 11 is 7.32. The first-order valence-corrected chi connectivity index (χ1v) is 4.02. The summed E-state index contributed by atoms with van der Waals surface area (Å²) in [7, 11) is 0. The van der Waals surface area contributed by atoms with Crippen LogP contribution in [0.4, 0.5) is 10.1 Å². The van der Waals surface area contributed by atoms with E-state index < -0.39 is 5.82 Å². The van der Waals surface area contributed by atoms with Crippen LogP contribution in [-0.2, 0) is 0 Å². The average Bonchev–Trinajstić information content (AvgIpc) is 1.95. The fraction of sp³-hybridized carbons (Fsp3) is 0. The quantitative estimate of drug-likeness (QED) is 0.611. The summed E-state index contributed by atoms with van der Waals surface area (Å²) in [6.45, 7) is 0. The van der Waals surface area contributed by atoms with Crippen LogP contribution < -0.4 is 3.53 Å². The highest BCUT2D eigenvalue weighted by Crippen LogP contribution is 2.22. The van der Waals surface area contributed by atoms with Crippen LogP contribution >= 0.6 is 34.5 Å². The Morgan fingerprint density at radius 2 is 2.20 bits per heavy atom. The minimum absolute atomic E-state index is 0.140. The third kappa shape index (κ3) is 1.52. The predicted molar refractivity (Wildman–Crippen MR) is 49.1 cm³/mol. The second-order valence-electron chi connectivity index (χ2n) is 1.70. The summed E-state index contributed by atoms with van der Waals surface area (Å²) in [4.78, 5) is 0. The molecule has 0 aliphatic carbocycles. The van der Waals surface area contributed by atoms with Crippen LogP contribution in [0.2, 0.25) is 5.02 Å². The molecule has 0 spiro atoms. The molecule has 0 aromatic heterocycles. The summed E-state index contributed by atoms with van der Waals surface area (Å²) in [5.41, 5.74) is 0.410. The molecule has 0 atom stereocenters. The zero-order valence-corrected chi connectivity index (χ0v) is 7.78. The molecule has 0 fully saturated rings. The molecule has 0 aliphatic rings. The second-order valence-corrected chi connectivity index (χ2v) is 2.64. The number of hydrogen-bond donors (Lipinski definition) is 1. The van der Waals surface area contributed by atoms with Crippen LogP contribution in [0, 0.1) is 5.82 Å². The van der Waals surface area contributed by atoms with Crippen LogP contribution in [0.3, 0.4) is 0 Å². The van der Waals surface area contributed by atoms with E-state index in [1.807, 2.05) is 22.9 Å². The van der Waals surface area contributed by atoms with Gasteiger partial charge in [0.1, 0.15) is 0 Å². The first kappa shape index (κ1) is 8.07. The summed E-state index contributed by atoms with van der Waals surface area (Å²) < 4.78 is 15.4. The molecular weight excluding hydrogens is 267 g/mol. The third-order valence-electron chi connectivity index (χ3n) is 1.05. The SMILES string of the molecule is Fc1c(Cl)cccc1NI. The summed E-state index contributed by atoms with van der Waals surface area (Å²) in [5, 5.41) is 0.140. The average molecular weight is 271 g/mol. The maximum atomic E-state index is 12.8. The fourth-order valence-electron chi connectivity index (χ4n) is 0.577. The number of anilines is 1.